The van der Waals surface area contributed by atoms with Crippen LogP contribution in [-0.2, 0) is 0 Å². The van der Waals surface area contributed by atoms with Crippen molar-refractivity contribution in [1.29, 1.82) is 0 Å². The van der Waals surface area contributed by atoms with Gasteiger partial charge in [0, 0.05) is 12.6 Å². The lowest BCUT2D eigenvalue weighted by molar-refractivity contribution is 0.144. The van der Waals surface area contributed by atoms with Crippen LogP contribution in [0.3, 0.4) is 0 Å². The highest BCUT2D eigenvalue weighted by atomic mass is 19.1. The van der Waals surface area contributed by atoms with Gasteiger partial charge in [-0.2, -0.15) is 0 Å². The smallest absolute Gasteiger partial charge is 0.123 e. The highest BCUT2D eigenvalue weighted by Crippen LogP contribution is 2.29. The van der Waals surface area contributed by atoms with Crippen molar-refractivity contribution in [3.8, 4) is 0 Å². The maximum Gasteiger partial charge on any atom is 0.123 e. The number of aliphatic hydroxyl groups excluding tert-OH is 1. The molecular weight excluding hydrogens is 241 g/mol. The molecule has 0 amide bonds. The molecule has 3 heteroatoms. The van der Waals surface area contributed by atoms with E-state index in [4.69, 9.17) is 0 Å². The number of rotatable bonds is 4. The summed E-state index contributed by atoms with van der Waals surface area (Å²) in [4.78, 5) is 0. The molecule has 106 valence electrons. The van der Waals surface area contributed by atoms with Crippen molar-refractivity contribution in [1.82, 2.24) is 5.32 Å². The molecule has 1 saturated carbocycles. The Kier molecular flexibility index (Phi) is 4.94. The maximum absolute atomic E-state index is 13.1. The summed E-state index contributed by atoms with van der Waals surface area (Å²) in [6.07, 6.45) is 3.08. The number of benzene rings is 1. The van der Waals surface area contributed by atoms with Gasteiger partial charge < -0.3 is 10.4 Å². The number of hydrogen-bond donors (Lipinski definition) is 2. The van der Waals surface area contributed by atoms with Gasteiger partial charge in [0.1, 0.15) is 5.82 Å². The summed E-state index contributed by atoms with van der Waals surface area (Å²) in [6.45, 7) is 5.06. The van der Waals surface area contributed by atoms with Crippen molar-refractivity contribution in [3.05, 3.63) is 35.6 Å². The van der Waals surface area contributed by atoms with Gasteiger partial charge in [-0.05, 0) is 36.0 Å². The van der Waals surface area contributed by atoms with Gasteiger partial charge >= 0.3 is 0 Å². The largest absolute Gasteiger partial charge is 0.387 e. The summed E-state index contributed by atoms with van der Waals surface area (Å²) < 4.78 is 13.1. The zero-order valence-electron chi connectivity index (χ0n) is 11.8. The molecular formula is C16H24FNO. The fourth-order valence-electron chi connectivity index (χ4n) is 2.96. The minimum atomic E-state index is -0.639. The lowest BCUT2D eigenvalue weighted by atomic mass is 9.78. The first kappa shape index (κ1) is 14.5. The maximum atomic E-state index is 13.1. The molecule has 0 saturated heterocycles. The lowest BCUT2D eigenvalue weighted by Gasteiger charge is -2.35. The molecule has 1 aromatic carbocycles. The van der Waals surface area contributed by atoms with E-state index in [1.807, 2.05) is 0 Å². The predicted octanol–water partition coefficient (Wildman–Crippen LogP) is 3.27. The Hall–Kier alpha value is -0.930. The summed E-state index contributed by atoms with van der Waals surface area (Å²) in [5.74, 6) is 1.07. The molecule has 0 aliphatic heterocycles. The second-order valence-electron chi connectivity index (χ2n) is 5.85. The van der Waals surface area contributed by atoms with Crippen molar-refractivity contribution in [3.63, 3.8) is 0 Å². The van der Waals surface area contributed by atoms with Gasteiger partial charge in [-0.25, -0.2) is 4.39 Å². The highest BCUT2D eigenvalue weighted by molar-refractivity contribution is 5.19. The van der Waals surface area contributed by atoms with Crippen LogP contribution in [0, 0.1) is 17.7 Å². The van der Waals surface area contributed by atoms with E-state index < -0.39 is 6.10 Å². The van der Waals surface area contributed by atoms with Crippen molar-refractivity contribution < 1.29 is 9.50 Å². The lowest BCUT2D eigenvalue weighted by Crippen LogP contribution is -2.42. The molecule has 19 heavy (non-hydrogen) atoms. The van der Waals surface area contributed by atoms with Crippen LogP contribution in [0.2, 0.25) is 0 Å². The van der Waals surface area contributed by atoms with Crippen molar-refractivity contribution in [2.45, 2.75) is 45.3 Å². The Balaban J connectivity index is 1.88. The van der Waals surface area contributed by atoms with Crippen LogP contribution in [0.15, 0.2) is 24.3 Å². The second kappa shape index (κ2) is 6.49. The zero-order chi connectivity index (χ0) is 13.8. The van der Waals surface area contributed by atoms with Crippen molar-refractivity contribution in [2.75, 3.05) is 6.54 Å². The Bertz CT molecular complexity index is 409. The molecule has 1 aromatic rings. The molecule has 2 rings (SSSR count). The van der Waals surface area contributed by atoms with Crippen molar-refractivity contribution >= 4 is 0 Å². The molecule has 0 bridgehead atoms. The molecule has 0 heterocycles. The molecule has 1 aliphatic rings. The molecule has 4 unspecified atom stereocenters. The molecule has 0 spiro atoms. The van der Waals surface area contributed by atoms with Gasteiger partial charge in [0.15, 0.2) is 0 Å². The first-order valence-electron chi connectivity index (χ1n) is 7.25. The average Bonchev–Trinajstić information content (AvgIpc) is 2.40. The molecule has 4 atom stereocenters. The number of aliphatic hydroxyl groups is 1. The molecule has 1 fully saturated rings. The van der Waals surface area contributed by atoms with Crippen LogP contribution in [-0.4, -0.2) is 17.7 Å². The second-order valence-corrected chi connectivity index (χ2v) is 5.85. The predicted molar refractivity (Wildman–Crippen MR) is 75.3 cm³/mol. The van der Waals surface area contributed by atoms with Crippen LogP contribution in [0.25, 0.3) is 0 Å². The highest BCUT2D eigenvalue weighted by Gasteiger charge is 2.27. The third-order valence-electron chi connectivity index (χ3n) is 4.51. The van der Waals surface area contributed by atoms with E-state index in [9.17, 15) is 9.50 Å². The minimum absolute atomic E-state index is 0.295. The Morgan fingerprint density at radius 2 is 2.16 bits per heavy atom. The van der Waals surface area contributed by atoms with E-state index in [1.54, 1.807) is 12.1 Å². The van der Waals surface area contributed by atoms with E-state index >= 15 is 0 Å². The minimum Gasteiger partial charge on any atom is -0.387 e. The van der Waals surface area contributed by atoms with Gasteiger partial charge in [0.2, 0.25) is 0 Å². The first-order chi connectivity index (χ1) is 9.08. The van der Waals surface area contributed by atoms with Gasteiger partial charge in [0.25, 0.3) is 0 Å². The van der Waals surface area contributed by atoms with Crippen molar-refractivity contribution in [2.24, 2.45) is 11.8 Å². The van der Waals surface area contributed by atoms with E-state index in [-0.39, 0.29) is 5.82 Å². The first-order valence-corrected chi connectivity index (χ1v) is 7.25. The molecule has 1 aliphatic carbocycles. The number of halogens is 1. The summed E-state index contributed by atoms with van der Waals surface area (Å²) >= 11 is 0. The van der Waals surface area contributed by atoms with E-state index in [0.717, 1.165) is 5.92 Å². The topological polar surface area (TPSA) is 32.3 Å². The zero-order valence-corrected chi connectivity index (χ0v) is 11.8. The van der Waals surface area contributed by atoms with Gasteiger partial charge in [-0.1, -0.05) is 38.8 Å². The SMILES string of the molecule is CC1CCCC(NCC(O)c2cccc(F)c2)C1C. The van der Waals surface area contributed by atoms with E-state index in [1.165, 1.54) is 31.4 Å². The van der Waals surface area contributed by atoms with Crippen LogP contribution < -0.4 is 5.32 Å². The molecule has 0 radical (unpaired) electrons. The standard InChI is InChI=1S/C16H24FNO/c1-11-5-3-8-15(12(11)2)18-10-16(19)13-6-4-7-14(17)9-13/h4,6-7,9,11-12,15-16,18-19H,3,5,8,10H2,1-2H3. The number of nitrogens with one attached hydrogen (secondary N) is 1. The van der Waals surface area contributed by atoms with Gasteiger partial charge in [-0.15, -0.1) is 0 Å². The average molecular weight is 265 g/mol. The fraction of sp³-hybridized carbons (Fsp3) is 0.625. The monoisotopic (exact) mass is 265 g/mol. The third-order valence-corrected chi connectivity index (χ3v) is 4.51. The molecule has 0 aromatic heterocycles. The summed E-state index contributed by atoms with van der Waals surface area (Å²) in [6, 6.07) is 6.67. The van der Waals surface area contributed by atoms with Gasteiger partial charge in [0.05, 0.1) is 6.10 Å². The van der Waals surface area contributed by atoms with Crippen LogP contribution in [0.5, 0.6) is 0 Å². The van der Waals surface area contributed by atoms with Gasteiger partial charge in [-0.3, -0.25) is 0 Å². The van der Waals surface area contributed by atoms with E-state index in [2.05, 4.69) is 19.2 Å². The summed E-state index contributed by atoms with van der Waals surface area (Å²) in [7, 11) is 0. The summed E-state index contributed by atoms with van der Waals surface area (Å²) in [5, 5.41) is 13.5. The van der Waals surface area contributed by atoms with Crippen LogP contribution in [0.1, 0.15) is 44.8 Å². The normalized spacial score (nSPS) is 29.2. The Morgan fingerprint density at radius 1 is 1.37 bits per heavy atom. The summed E-state index contributed by atoms with van der Waals surface area (Å²) in [5.41, 5.74) is 0.643. The fourth-order valence-corrected chi connectivity index (χ4v) is 2.96. The van der Waals surface area contributed by atoms with Crippen LogP contribution in [0.4, 0.5) is 4.39 Å². The third kappa shape index (κ3) is 3.77. The molecule has 2 N–H and O–H groups in total. The van der Waals surface area contributed by atoms with E-state index in [0.29, 0.717) is 24.1 Å². The molecule has 2 nitrogen and oxygen atoms in total. The number of hydrogen-bond acceptors (Lipinski definition) is 2. The Labute approximate surface area is 115 Å². The Morgan fingerprint density at radius 3 is 2.89 bits per heavy atom. The quantitative estimate of drug-likeness (QED) is 0.875. The van der Waals surface area contributed by atoms with Crippen LogP contribution >= 0.6 is 0 Å².